The van der Waals surface area contributed by atoms with E-state index in [-0.39, 0.29) is 17.8 Å². The minimum atomic E-state index is -0.590. The molecule has 0 aliphatic carbocycles. The van der Waals surface area contributed by atoms with Crippen LogP contribution in [-0.4, -0.2) is 34.8 Å². The van der Waals surface area contributed by atoms with Crippen molar-refractivity contribution in [2.45, 2.75) is 45.6 Å². The number of aliphatic hydroxyl groups excluding tert-OH is 1. The van der Waals surface area contributed by atoms with Gasteiger partial charge in [-0.2, -0.15) is 0 Å². The summed E-state index contributed by atoms with van der Waals surface area (Å²) in [5.41, 5.74) is 2.02. The fourth-order valence-electron chi connectivity index (χ4n) is 3.82. The second-order valence-corrected chi connectivity index (χ2v) is 7.43. The topological polar surface area (TPSA) is 66.8 Å². The molecule has 30 heavy (non-hydrogen) atoms. The van der Waals surface area contributed by atoms with Gasteiger partial charge in [-0.1, -0.05) is 55.8 Å². The number of nitrogens with zero attached hydrogens (tertiary/aromatic N) is 1. The maximum Gasteiger partial charge on any atom is 0.290 e. The summed E-state index contributed by atoms with van der Waals surface area (Å²) in [5, 5.41) is 10.6. The molecule has 1 N–H and O–H groups in total. The number of aliphatic hydroxyl groups is 1. The third-order valence-corrected chi connectivity index (χ3v) is 5.33. The molecule has 0 radical (unpaired) electrons. The molecule has 0 fully saturated rings. The normalized spacial score (nSPS) is 16.3. The second-order valence-electron chi connectivity index (χ2n) is 7.43. The molecule has 1 unspecified atom stereocenters. The van der Waals surface area contributed by atoms with Crippen molar-refractivity contribution in [2.75, 3.05) is 13.2 Å². The first-order chi connectivity index (χ1) is 14.6. The molecule has 1 aliphatic heterocycles. The van der Waals surface area contributed by atoms with Gasteiger partial charge in [0.05, 0.1) is 18.2 Å². The first kappa shape index (κ1) is 21.6. The minimum absolute atomic E-state index is 0.195. The molecule has 0 aromatic heterocycles. The van der Waals surface area contributed by atoms with Crippen molar-refractivity contribution in [3.63, 3.8) is 0 Å². The lowest BCUT2D eigenvalue weighted by atomic mass is 9.93. The summed E-state index contributed by atoms with van der Waals surface area (Å²) in [7, 11) is 0. The molecule has 0 spiro atoms. The summed E-state index contributed by atoms with van der Waals surface area (Å²) in [6, 6.07) is 16.6. The summed E-state index contributed by atoms with van der Waals surface area (Å²) >= 11 is 0. The SMILES string of the molecule is CCCCN1C(=O)C(O)=C(C(=O)CCc2ccccc2)C1c1cccc(OCC)c1. The predicted molar refractivity (Wildman–Crippen MR) is 116 cm³/mol. The number of carbonyl (C=O) groups excluding carboxylic acids is 2. The second kappa shape index (κ2) is 10.1. The van der Waals surface area contributed by atoms with Crippen molar-refractivity contribution in [2.24, 2.45) is 0 Å². The zero-order valence-electron chi connectivity index (χ0n) is 17.6. The van der Waals surface area contributed by atoms with Gasteiger partial charge in [-0.05, 0) is 43.0 Å². The highest BCUT2D eigenvalue weighted by Crippen LogP contribution is 2.39. The third-order valence-electron chi connectivity index (χ3n) is 5.33. The van der Waals surface area contributed by atoms with E-state index in [1.807, 2.05) is 68.4 Å². The Morgan fingerprint density at radius 1 is 1.10 bits per heavy atom. The van der Waals surface area contributed by atoms with Crippen LogP contribution in [-0.2, 0) is 16.0 Å². The Morgan fingerprint density at radius 3 is 2.57 bits per heavy atom. The number of amides is 1. The number of ketones is 1. The smallest absolute Gasteiger partial charge is 0.290 e. The van der Waals surface area contributed by atoms with Crippen LogP contribution in [0.25, 0.3) is 0 Å². The van der Waals surface area contributed by atoms with Gasteiger partial charge in [-0.3, -0.25) is 9.59 Å². The van der Waals surface area contributed by atoms with Crippen molar-refractivity contribution >= 4 is 11.7 Å². The average Bonchev–Trinajstić information content (AvgIpc) is 3.02. The zero-order chi connectivity index (χ0) is 21.5. The molecular weight excluding hydrogens is 378 g/mol. The molecule has 3 rings (SSSR count). The average molecular weight is 408 g/mol. The molecule has 1 aliphatic rings. The molecule has 5 heteroatoms. The highest BCUT2D eigenvalue weighted by molar-refractivity contribution is 6.09. The number of hydrogen-bond acceptors (Lipinski definition) is 4. The molecule has 1 heterocycles. The number of hydrogen-bond donors (Lipinski definition) is 1. The molecule has 5 nitrogen and oxygen atoms in total. The first-order valence-electron chi connectivity index (χ1n) is 10.6. The predicted octanol–water partition coefficient (Wildman–Crippen LogP) is 4.78. The van der Waals surface area contributed by atoms with Crippen LogP contribution < -0.4 is 4.74 Å². The summed E-state index contributed by atoms with van der Waals surface area (Å²) in [4.78, 5) is 27.6. The van der Waals surface area contributed by atoms with Crippen molar-refractivity contribution < 1.29 is 19.4 Å². The van der Waals surface area contributed by atoms with Gasteiger partial charge >= 0.3 is 0 Å². The quantitative estimate of drug-likeness (QED) is 0.615. The van der Waals surface area contributed by atoms with Gasteiger partial charge in [0, 0.05) is 13.0 Å². The van der Waals surface area contributed by atoms with Crippen LogP contribution in [0, 0.1) is 0 Å². The summed E-state index contributed by atoms with van der Waals surface area (Å²) in [6.45, 7) is 4.96. The monoisotopic (exact) mass is 407 g/mol. The largest absolute Gasteiger partial charge is 0.503 e. The first-order valence-corrected chi connectivity index (χ1v) is 10.6. The fourth-order valence-corrected chi connectivity index (χ4v) is 3.82. The van der Waals surface area contributed by atoms with Gasteiger partial charge in [-0.15, -0.1) is 0 Å². The number of aryl methyl sites for hydroxylation is 1. The lowest BCUT2D eigenvalue weighted by Crippen LogP contribution is -2.32. The van der Waals surface area contributed by atoms with Gasteiger partial charge in [0.2, 0.25) is 0 Å². The minimum Gasteiger partial charge on any atom is -0.503 e. The van der Waals surface area contributed by atoms with Crippen molar-refractivity contribution in [3.8, 4) is 5.75 Å². The van der Waals surface area contributed by atoms with Crippen LogP contribution in [0.5, 0.6) is 5.75 Å². The van der Waals surface area contributed by atoms with Crippen LogP contribution in [0.4, 0.5) is 0 Å². The highest BCUT2D eigenvalue weighted by atomic mass is 16.5. The van der Waals surface area contributed by atoms with Gasteiger partial charge in [0.25, 0.3) is 5.91 Å². The summed E-state index contributed by atoms with van der Waals surface area (Å²) in [5.74, 6) is -0.412. The van der Waals surface area contributed by atoms with Gasteiger partial charge < -0.3 is 14.7 Å². The molecule has 1 amide bonds. The van der Waals surface area contributed by atoms with Crippen LogP contribution in [0.2, 0.25) is 0 Å². The molecule has 158 valence electrons. The van der Waals surface area contributed by atoms with Crippen LogP contribution in [0.15, 0.2) is 65.9 Å². The molecule has 2 aromatic carbocycles. The summed E-state index contributed by atoms with van der Waals surface area (Å²) in [6.07, 6.45) is 2.50. The van der Waals surface area contributed by atoms with E-state index in [2.05, 4.69) is 0 Å². The summed E-state index contributed by atoms with van der Waals surface area (Å²) < 4.78 is 5.61. The molecule has 1 atom stereocenters. The Kier molecular flexibility index (Phi) is 7.28. The third kappa shape index (κ3) is 4.73. The van der Waals surface area contributed by atoms with Gasteiger partial charge in [-0.25, -0.2) is 0 Å². The Morgan fingerprint density at radius 2 is 1.87 bits per heavy atom. The molecule has 2 aromatic rings. The number of ether oxygens (including phenoxy) is 1. The number of Topliss-reactive ketones (excluding diaryl/α,β-unsaturated/α-hetero) is 1. The van der Waals surface area contributed by atoms with Crippen LogP contribution in [0.1, 0.15) is 50.3 Å². The molecular formula is C25H29NO4. The Balaban J connectivity index is 1.92. The molecule has 0 saturated heterocycles. The van der Waals surface area contributed by atoms with Gasteiger partial charge in [0.1, 0.15) is 5.75 Å². The van der Waals surface area contributed by atoms with E-state index in [1.165, 1.54) is 0 Å². The molecule has 0 saturated carbocycles. The highest BCUT2D eigenvalue weighted by Gasteiger charge is 2.42. The standard InChI is InChI=1S/C25H29NO4/c1-3-5-16-26-23(19-12-9-13-20(17-19)30-4-2)22(24(28)25(26)29)21(27)15-14-18-10-7-6-8-11-18/h6-13,17,23,28H,3-5,14-16H2,1-2H3. The van der Waals surface area contributed by atoms with Crippen molar-refractivity contribution in [1.82, 2.24) is 4.90 Å². The van der Waals surface area contributed by atoms with Crippen molar-refractivity contribution in [3.05, 3.63) is 77.1 Å². The number of benzene rings is 2. The van der Waals surface area contributed by atoms with E-state index >= 15 is 0 Å². The zero-order valence-corrected chi connectivity index (χ0v) is 17.6. The Bertz CT molecular complexity index is 920. The van der Waals surface area contributed by atoms with E-state index in [4.69, 9.17) is 4.74 Å². The van der Waals surface area contributed by atoms with E-state index in [0.29, 0.717) is 25.3 Å². The lowest BCUT2D eigenvalue weighted by molar-refractivity contribution is -0.129. The number of unbranched alkanes of at least 4 members (excludes halogenated alkanes) is 1. The Hall–Kier alpha value is -3.08. The lowest BCUT2D eigenvalue weighted by Gasteiger charge is -2.27. The molecule has 0 bridgehead atoms. The van der Waals surface area contributed by atoms with Crippen molar-refractivity contribution in [1.29, 1.82) is 0 Å². The maximum absolute atomic E-state index is 13.2. The number of rotatable bonds is 10. The van der Waals surface area contributed by atoms with E-state index in [1.54, 1.807) is 4.90 Å². The Labute approximate surface area is 178 Å². The van der Waals surface area contributed by atoms with Gasteiger partial charge in [0.15, 0.2) is 11.5 Å². The maximum atomic E-state index is 13.2. The van der Waals surface area contributed by atoms with E-state index < -0.39 is 17.7 Å². The van der Waals surface area contributed by atoms with Crippen LogP contribution >= 0.6 is 0 Å². The van der Waals surface area contributed by atoms with E-state index in [9.17, 15) is 14.7 Å². The van der Waals surface area contributed by atoms with E-state index in [0.717, 1.165) is 24.0 Å². The number of carbonyl (C=O) groups is 2. The van der Waals surface area contributed by atoms with Crippen LogP contribution in [0.3, 0.4) is 0 Å². The fraction of sp³-hybridized carbons (Fsp3) is 0.360.